The second-order valence-electron chi connectivity index (χ2n) is 10.2. The Morgan fingerprint density at radius 1 is 1.24 bits per heavy atom. The van der Waals surface area contributed by atoms with Gasteiger partial charge in [0.15, 0.2) is 5.78 Å². The van der Waals surface area contributed by atoms with E-state index in [-0.39, 0.29) is 17.2 Å². The van der Waals surface area contributed by atoms with Crippen LogP contribution in [0.4, 0.5) is 4.79 Å². The Balaban J connectivity index is 2.05. The third kappa shape index (κ3) is 8.78. The molecule has 208 valence electrons. The number of ether oxygens (including phenoxy) is 2. The molecule has 0 aliphatic carbocycles. The van der Waals surface area contributed by atoms with Crippen molar-refractivity contribution in [3.8, 4) is 11.5 Å². The number of methoxy groups -OCH3 is 1. The highest BCUT2D eigenvalue weighted by Crippen LogP contribution is 2.32. The number of benzene rings is 1. The van der Waals surface area contributed by atoms with Gasteiger partial charge in [-0.15, -0.1) is 0 Å². The lowest BCUT2D eigenvalue weighted by Crippen LogP contribution is -2.30. The monoisotopic (exact) mass is 527 g/mol. The van der Waals surface area contributed by atoms with Crippen LogP contribution < -0.4 is 15.7 Å². The number of allylic oxidation sites excluding steroid dienone is 1. The number of amides is 1. The van der Waals surface area contributed by atoms with Gasteiger partial charge in [-0.05, 0) is 62.3 Å². The molecule has 0 radical (unpaired) electrons. The van der Waals surface area contributed by atoms with E-state index in [9.17, 15) is 19.5 Å². The number of hydrogen-bond acceptors (Lipinski definition) is 7. The normalized spacial score (nSPS) is 12.4. The molecule has 1 heterocycles. The highest BCUT2D eigenvalue weighted by molar-refractivity contribution is 6.01. The van der Waals surface area contributed by atoms with E-state index in [0.29, 0.717) is 38.1 Å². The van der Waals surface area contributed by atoms with E-state index in [1.54, 1.807) is 19.9 Å². The van der Waals surface area contributed by atoms with E-state index in [1.807, 2.05) is 32.0 Å². The van der Waals surface area contributed by atoms with Crippen molar-refractivity contribution >= 4 is 11.9 Å². The smallest absolute Gasteiger partial charge is 0.410 e. The number of ketones is 1. The van der Waals surface area contributed by atoms with Crippen LogP contribution in [0.1, 0.15) is 93.0 Å². The van der Waals surface area contributed by atoms with E-state index in [0.717, 1.165) is 29.7 Å². The summed E-state index contributed by atoms with van der Waals surface area (Å²) in [5.74, 6) is 0.130. The second kappa shape index (κ2) is 14.4. The standard InChI is InChI=1S/C30H41NO7/c1-7-8-17-37-23-13-12-22(21(3)18-23)14-15-30(4,5)27(33)26-24(32)19-25(38-28(26)34)20(2)11-9-10-16-31-29(35)36-6/h10,12-13,16,18-20,32H,7-9,11,14-15,17H2,1-6H3,(H,31,35)/b16-10+. The molecule has 8 nitrogen and oxygen atoms in total. The van der Waals surface area contributed by atoms with E-state index in [2.05, 4.69) is 17.0 Å². The molecule has 2 rings (SSSR count). The number of Topliss-reactive ketones (excluding diaryl/α,β-unsaturated/α-hetero) is 1. The summed E-state index contributed by atoms with van der Waals surface area (Å²) in [6.07, 6.45) is 7.07. The van der Waals surface area contributed by atoms with Crippen molar-refractivity contribution in [1.82, 2.24) is 5.32 Å². The zero-order chi connectivity index (χ0) is 28.3. The van der Waals surface area contributed by atoms with Crippen LogP contribution in [-0.4, -0.2) is 30.7 Å². The summed E-state index contributed by atoms with van der Waals surface area (Å²) in [7, 11) is 1.28. The van der Waals surface area contributed by atoms with Gasteiger partial charge in [-0.2, -0.15) is 0 Å². The number of aromatic hydroxyl groups is 1. The van der Waals surface area contributed by atoms with Crippen LogP contribution in [-0.2, 0) is 11.2 Å². The van der Waals surface area contributed by atoms with Crippen molar-refractivity contribution in [3.63, 3.8) is 0 Å². The molecule has 0 saturated heterocycles. The van der Waals surface area contributed by atoms with Gasteiger partial charge in [0.05, 0.1) is 13.7 Å². The largest absolute Gasteiger partial charge is 0.507 e. The average Bonchev–Trinajstić information content (AvgIpc) is 2.87. The Morgan fingerprint density at radius 2 is 1.97 bits per heavy atom. The van der Waals surface area contributed by atoms with Gasteiger partial charge in [0.25, 0.3) is 0 Å². The Morgan fingerprint density at radius 3 is 2.61 bits per heavy atom. The van der Waals surface area contributed by atoms with E-state index in [1.165, 1.54) is 19.4 Å². The van der Waals surface area contributed by atoms with Crippen LogP contribution in [0.15, 0.2) is 45.8 Å². The molecule has 1 aromatic carbocycles. The number of carbonyl (C=O) groups is 2. The molecule has 0 saturated carbocycles. The minimum Gasteiger partial charge on any atom is -0.507 e. The third-order valence-electron chi connectivity index (χ3n) is 6.65. The van der Waals surface area contributed by atoms with Crippen LogP contribution in [0.5, 0.6) is 11.5 Å². The number of nitrogens with one attached hydrogen (secondary N) is 1. The van der Waals surface area contributed by atoms with E-state index in [4.69, 9.17) is 9.15 Å². The molecule has 1 atom stereocenters. The molecule has 2 N–H and O–H groups in total. The number of alkyl carbamates (subject to hydrolysis) is 1. The summed E-state index contributed by atoms with van der Waals surface area (Å²) in [6, 6.07) is 7.32. The molecular weight excluding hydrogens is 486 g/mol. The van der Waals surface area contributed by atoms with E-state index < -0.39 is 22.9 Å². The maximum atomic E-state index is 13.3. The summed E-state index contributed by atoms with van der Waals surface area (Å²) in [5.41, 5.74) is 0.144. The summed E-state index contributed by atoms with van der Waals surface area (Å²) in [6.45, 7) is 10.2. The van der Waals surface area contributed by atoms with Gasteiger partial charge in [0, 0.05) is 23.6 Å². The first kappa shape index (κ1) is 30.7. The van der Waals surface area contributed by atoms with Gasteiger partial charge in [-0.3, -0.25) is 10.1 Å². The van der Waals surface area contributed by atoms with Crippen LogP contribution in [0.3, 0.4) is 0 Å². The molecule has 8 heteroatoms. The number of unbranched alkanes of at least 4 members (excludes halogenated alkanes) is 1. The first-order valence-corrected chi connectivity index (χ1v) is 13.1. The molecule has 0 aliphatic heterocycles. The fourth-order valence-corrected chi connectivity index (χ4v) is 3.98. The fraction of sp³-hybridized carbons (Fsp3) is 0.500. The van der Waals surface area contributed by atoms with Gasteiger partial charge >= 0.3 is 11.7 Å². The summed E-state index contributed by atoms with van der Waals surface area (Å²) in [4.78, 5) is 37.2. The zero-order valence-electron chi connectivity index (χ0n) is 23.4. The minimum atomic E-state index is -0.889. The molecule has 1 amide bonds. The van der Waals surface area contributed by atoms with Crippen LogP contribution in [0, 0.1) is 12.3 Å². The maximum absolute atomic E-state index is 13.3. The van der Waals surface area contributed by atoms with Crippen molar-refractivity contribution in [2.75, 3.05) is 13.7 Å². The third-order valence-corrected chi connectivity index (χ3v) is 6.65. The first-order chi connectivity index (χ1) is 18.0. The molecular formula is C30H41NO7. The lowest BCUT2D eigenvalue weighted by atomic mass is 9.79. The Hall–Kier alpha value is -3.55. The molecule has 2 aromatic rings. The number of hydrogen-bond donors (Lipinski definition) is 2. The molecule has 0 fully saturated rings. The SMILES string of the molecule is CCCCOc1ccc(CCC(C)(C)C(=O)c2c(O)cc(C(C)CC/C=C/NC(=O)OC)oc2=O)c(C)c1. The summed E-state index contributed by atoms with van der Waals surface area (Å²) >= 11 is 0. The molecule has 0 bridgehead atoms. The average molecular weight is 528 g/mol. The Bertz CT molecular complexity index is 1180. The number of aryl methyl sites for hydroxylation is 2. The van der Waals surface area contributed by atoms with Crippen molar-refractivity contribution < 1.29 is 28.6 Å². The molecule has 0 aliphatic rings. The zero-order valence-corrected chi connectivity index (χ0v) is 23.4. The van der Waals surface area contributed by atoms with Gasteiger partial charge in [-0.25, -0.2) is 9.59 Å². The molecule has 38 heavy (non-hydrogen) atoms. The van der Waals surface area contributed by atoms with Crippen LogP contribution in [0.2, 0.25) is 0 Å². The summed E-state index contributed by atoms with van der Waals surface area (Å²) in [5, 5.41) is 13.1. The number of rotatable bonds is 14. The number of carbonyl (C=O) groups excluding carboxylic acids is 2. The predicted octanol–water partition coefficient (Wildman–Crippen LogP) is 6.43. The van der Waals surface area contributed by atoms with Gasteiger partial charge in [0.1, 0.15) is 22.8 Å². The van der Waals surface area contributed by atoms with Gasteiger partial charge in [0.2, 0.25) is 0 Å². The Labute approximate surface area is 225 Å². The predicted molar refractivity (Wildman–Crippen MR) is 147 cm³/mol. The molecule has 1 aromatic heterocycles. The van der Waals surface area contributed by atoms with Crippen LogP contribution in [0.25, 0.3) is 0 Å². The quantitative estimate of drug-likeness (QED) is 0.215. The van der Waals surface area contributed by atoms with Crippen molar-refractivity contribution in [2.24, 2.45) is 5.41 Å². The highest BCUT2D eigenvalue weighted by Gasteiger charge is 2.33. The maximum Gasteiger partial charge on any atom is 0.410 e. The van der Waals surface area contributed by atoms with Gasteiger partial charge in [-0.1, -0.05) is 46.3 Å². The Kier molecular flexibility index (Phi) is 11.6. The lowest BCUT2D eigenvalue weighted by Gasteiger charge is -2.23. The van der Waals surface area contributed by atoms with Crippen molar-refractivity contribution in [1.29, 1.82) is 0 Å². The lowest BCUT2D eigenvalue weighted by molar-refractivity contribution is 0.0818. The second-order valence-corrected chi connectivity index (χ2v) is 10.2. The van der Waals surface area contributed by atoms with Gasteiger partial charge < -0.3 is 19.0 Å². The fourth-order valence-electron chi connectivity index (χ4n) is 3.98. The highest BCUT2D eigenvalue weighted by atomic mass is 16.5. The molecule has 0 spiro atoms. The molecule has 1 unspecified atom stereocenters. The summed E-state index contributed by atoms with van der Waals surface area (Å²) < 4.78 is 15.7. The minimum absolute atomic E-state index is 0.189. The van der Waals surface area contributed by atoms with Crippen LogP contribution >= 0.6 is 0 Å². The van der Waals surface area contributed by atoms with E-state index >= 15 is 0 Å². The first-order valence-electron chi connectivity index (χ1n) is 13.1. The van der Waals surface area contributed by atoms with Crippen molar-refractivity contribution in [3.05, 3.63) is 69.4 Å². The van der Waals surface area contributed by atoms with Crippen molar-refractivity contribution in [2.45, 2.75) is 79.1 Å². The topological polar surface area (TPSA) is 115 Å².